The minimum absolute atomic E-state index is 0.0652. The van der Waals surface area contributed by atoms with Crippen molar-refractivity contribution in [3.8, 4) is 5.75 Å². The Hall–Kier alpha value is -4.13. The van der Waals surface area contributed by atoms with Crippen LogP contribution in [0.2, 0.25) is 0 Å². The fourth-order valence-electron chi connectivity index (χ4n) is 4.01. The summed E-state index contributed by atoms with van der Waals surface area (Å²) < 4.78 is 43.0. The molecular weight excluding hydrogens is 535 g/mol. The van der Waals surface area contributed by atoms with Gasteiger partial charge in [-0.1, -0.05) is 24.3 Å². The summed E-state index contributed by atoms with van der Waals surface area (Å²) in [5, 5.41) is 20.0. The molecule has 1 heterocycles. The number of nitrogens with two attached hydrogens (primary N) is 1. The third kappa shape index (κ3) is 10.2. The molecule has 0 radical (unpaired) electrons. The number of alkyl halides is 3. The first-order valence-electron chi connectivity index (χ1n) is 12.4. The van der Waals surface area contributed by atoms with E-state index in [4.69, 9.17) is 25.2 Å². The lowest BCUT2D eigenvalue weighted by molar-refractivity contribution is -0.192. The van der Waals surface area contributed by atoms with Gasteiger partial charge in [0.2, 0.25) is 0 Å². The average molecular weight is 568 g/mol. The van der Waals surface area contributed by atoms with E-state index in [1.165, 1.54) is 0 Å². The zero-order valence-corrected chi connectivity index (χ0v) is 21.9. The number of carbonyl (C=O) groups excluding carboxylic acids is 1. The number of rotatable bonds is 12. The van der Waals surface area contributed by atoms with Gasteiger partial charge in [-0.3, -0.25) is 9.59 Å². The third-order valence-corrected chi connectivity index (χ3v) is 5.92. The van der Waals surface area contributed by atoms with Gasteiger partial charge in [-0.15, -0.1) is 0 Å². The standard InChI is InChI=1S/C25H31N3O5.C2HF3O2/c1-2-32-13-3-4-21(15-24(29)30)28-12-11-20-14-22(9-10-23(20)25(28)31)33-17-19-7-5-18(6-8-19)16-27-26;3-2(4,5)1(6)7/h5-10,14,16,21H,2-4,11-13,15,17,26H2,1H3,(H,29,30);(H,6,7). The fraction of sp³-hybridized carbons (Fsp3) is 0.407. The topological polar surface area (TPSA) is 152 Å². The number of carboxylic acid groups (broad SMARTS) is 2. The van der Waals surface area contributed by atoms with Gasteiger partial charge in [-0.2, -0.15) is 18.3 Å². The predicted molar refractivity (Wildman–Crippen MR) is 139 cm³/mol. The van der Waals surface area contributed by atoms with Crippen LogP contribution in [0, 0.1) is 0 Å². The van der Waals surface area contributed by atoms with Crippen LogP contribution in [0.5, 0.6) is 5.75 Å². The van der Waals surface area contributed by atoms with Gasteiger partial charge in [-0.25, -0.2) is 4.79 Å². The first-order valence-corrected chi connectivity index (χ1v) is 12.4. The highest BCUT2D eigenvalue weighted by atomic mass is 19.4. The van der Waals surface area contributed by atoms with Crippen molar-refractivity contribution in [1.82, 2.24) is 4.90 Å². The van der Waals surface area contributed by atoms with Crippen LogP contribution in [0.25, 0.3) is 0 Å². The van der Waals surface area contributed by atoms with E-state index in [0.717, 1.165) is 23.1 Å². The van der Waals surface area contributed by atoms with Gasteiger partial charge < -0.3 is 30.4 Å². The first-order chi connectivity index (χ1) is 19.0. The summed E-state index contributed by atoms with van der Waals surface area (Å²) in [6.45, 7) is 4.01. The summed E-state index contributed by atoms with van der Waals surface area (Å²) in [4.78, 5) is 35.1. The van der Waals surface area contributed by atoms with Gasteiger partial charge in [0.25, 0.3) is 5.91 Å². The molecule has 0 bridgehead atoms. The first kappa shape index (κ1) is 32.1. The highest BCUT2D eigenvalue weighted by Crippen LogP contribution is 2.27. The molecule has 0 aliphatic carbocycles. The second kappa shape index (κ2) is 15.5. The summed E-state index contributed by atoms with van der Waals surface area (Å²) >= 11 is 0. The van der Waals surface area contributed by atoms with Crippen molar-refractivity contribution in [3.05, 3.63) is 64.7 Å². The Labute approximate surface area is 229 Å². The van der Waals surface area contributed by atoms with Crippen LogP contribution in [0.4, 0.5) is 13.2 Å². The molecule has 1 unspecified atom stereocenters. The molecule has 0 saturated carbocycles. The van der Waals surface area contributed by atoms with E-state index >= 15 is 0 Å². The van der Waals surface area contributed by atoms with E-state index in [1.807, 2.05) is 37.3 Å². The monoisotopic (exact) mass is 567 g/mol. The van der Waals surface area contributed by atoms with Gasteiger partial charge in [0.05, 0.1) is 12.6 Å². The highest BCUT2D eigenvalue weighted by molar-refractivity contribution is 5.97. The number of benzene rings is 2. The van der Waals surface area contributed by atoms with E-state index in [-0.39, 0.29) is 18.4 Å². The molecule has 218 valence electrons. The quantitative estimate of drug-likeness (QED) is 0.151. The number of halogens is 3. The molecule has 2 aromatic rings. The van der Waals surface area contributed by atoms with Crippen LogP contribution in [-0.2, 0) is 27.4 Å². The number of carboxylic acids is 2. The Bertz CT molecular complexity index is 1170. The number of hydrogen-bond acceptors (Lipinski definition) is 7. The summed E-state index contributed by atoms with van der Waals surface area (Å²) in [5.74, 6) is 2.08. The largest absolute Gasteiger partial charge is 0.490 e. The lowest BCUT2D eigenvalue weighted by atomic mass is 9.95. The van der Waals surface area contributed by atoms with Crippen molar-refractivity contribution in [2.24, 2.45) is 10.9 Å². The van der Waals surface area contributed by atoms with Crippen molar-refractivity contribution in [2.45, 2.75) is 51.4 Å². The number of hydrogen-bond donors (Lipinski definition) is 3. The summed E-state index contributed by atoms with van der Waals surface area (Å²) in [7, 11) is 0. The average Bonchev–Trinajstić information content (AvgIpc) is 2.90. The number of fused-ring (bicyclic) bond motifs is 1. The van der Waals surface area contributed by atoms with Gasteiger partial charge >= 0.3 is 18.1 Å². The molecule has 2 aromatic carbocycles. The molecule has 1 aliphatic rings. The van der Waals surface area contributed by atoms with Gasteiger partial charge in [-0.05, 0) is 61.1 Å². The van der Waals surface area contributed by atoms with Crippen LogP contribution >= 0.6 is 0 Å². The van der Waals surface area contributed by atoms with E-state index < -0.39 is 18.1 Å². The van der Waals surface area contributed by atoms with E-state index in [1.54, 1.807) is 23.2 Å². The van der Waals surface area contributed by atoms with E-state index in [0.29, 0.717) is 50.5 Å². The minimum atomic E-state index is -5.08. The minimum Gasteiger partial charge on any atom is -0.489 e. The molecule has 40 heavy (non-hydrogen) atoms. The smallest absolute Gasteiger partial charge is 0.489 e. The zero-order chi connectivity index (χ0) is 29.7. The predicted octanol–water partition coefficient (Wildman–Crippen LogP) is 3.85. The number of ether oxygens (including phenoxy) is 2. The maximum atomic E-state index is 13.1. The Kier molecular flexibility index (Phi) is 12.4. The SMILES string of the molecule is CCOCCCC(CC(=O)O)N1CCc2cc(OCc3ccc(C=NN)cc3)ccc2C1=O.O=C(O)C(F)(F)F. The van der Waals surface area contributed by atoms with Gasteiger partial charge in [0.15, 0.2) is 0 Å². The van der Waals surface area contributed by atoms with E-state index in [2.05, 4.69) is 5.10 Å². The van der Waals surface area contributed by atoms with Crippen LogP contribution in [0.15, 0.2) is 47.6 Å². The zero-order valence-electron chi connectivity index (χ0n) is 21.9. The molecule has 0 spiro atoms. The number of aliphatic carboxylic acids is 2. The second-order valence-electron chi connectivity index (χ2n) is 8.77. The molecular formula is C27H32F3N3O7. The Morgan fingerprint density at radius 3 is 2.42 bits per heavy atom. The Morgan fingerprint density at radius 1 is 1.18 bits per heavy atom. The Balaban J connectivity index is 0.000000708. The number of carbonyl (C=O) groups is 3. The lowest BCUT2D eigenvalue weighted by Crippen LogP contribution is -2.45. The summed E-state index contributed by atoms with van der Waals surface area (Å²) in [6, 6.07) is 12.9. The number of nitrogens with zero attached hydrogens (tertiary/aromatic N) is 2. The molecule has 0 fully saturated rings. The van der Waals surface area contributed by atoms with Crippen molar-refractivity contribution in [1.29, 1.82) is 0 Å². The van der Waals surface area contributed by atoms with Gasteiger partial charge in [0, 0.05) is 31.4 Å². The van der Waals surface area contributed by atoms with Crippen LogP contribution in [0.3, 0.4) is 0 Å². The molecule has 4 N–H and O–H groups in total. The molecule has 0 saturated heterocycles. The van der Waals surface area contributed by atoms with Crippen LogP contribution in [0.1, 0.15) is 53.2 Å². The normalized spacial score (nSPS) is 13.8. The van der Waals surface area contributed by atoms with Crippen molar-refractivity contribution >= 4 is 24.1 Å². The third-order valence-electron chi connectivity index (χ3n) is 5.92. The van der Waals surface area contributed by atoms with E-state index in [9.17, 15) is 27.9 Å². The molecule has 1 amide bonds. The Morgan fingerprint density at radius 2 is 1.85 bits per heavy atom. The van der Waals surface area contributed by atoms with Gasteiger partial charge in [0.1, 0.15) is 12.4 Å². The molecule has 1 atom stereocenters. The molecule has 0 aromatic heterocycles. The van der Waals surface area contributed by atoms with Crippen molar-refractivity contribution in [3.63, 3.8) is 0 Å². The lowest BCUT2D eigenvalue weighted by Gasteiger charge is -2.35. The van der Waals surface area contributed by atoms with Crippen LogP contribution in [-0.4, -0.2) is 71.2 Å². The molecule has 1 aliphatic heterocycles. The van der Waals surface area contributed by atoms with Crippen LogP contribution < -0.4 is 10.6 Å². The molecule has 13 heteroatoms. The maximum absolute atomic E-state index is 13.1. The number of hydrazone groups is 1. The van der Waals surface area contributed by atoms with Crippen molar-refractivity contribution < 1.29 is 47.2 Å². The maximum Gasteiger partial charge on any atom is 0.490 e. The van der Waals surface area contributed by atoms with Crippen molar-refractivity contribution in [2.75, 3.05) is 19.8 Å². The summed E-state index contributed by atoms with van der Waals surface area (Å²) in [5.41, 5.74) is 3.45. The molecule has 3 rings (SSSR count). The summed E-state index contributed by atoms with van der Waals surface area (Å²) in [6.07, 6.45) is -1.59. The number of amides is 1. The highest BCUT2D eigenvalue weighted by Gasteiger charge is 2.38. The molecule has 10 nitrogen and oxygen atoms in total. The second-order valence-corrected chi connectivity index (χ2v) is 8.77. The fourth-order valence-corrected chi connectivity index (χ4v) is 4.01.